The van der Waals surface area contributed by atoms with Crippen LogP contribution in [-0.2, 0) is 14.3 Å². The van der Waals surface area contributed by atoms with Gasteiger partial charge in [-0.2, -0.15) is 0 Å². The van der Waals surface area contributed by atoms with Gasteiger partial charge in [-0.15, -0.1) is 0 Å². The summed E-state index contributed by atoms with van der Waals surface area (Å²) in [4.78, 5) is 25.9. The van der Waals surface area contributed by atoms with Crippen LogP contribution >= 0.6 is 0 Å². The van der Waals surface area contributed by atoms with Crippen molar-refractivity contribution in [1.29, 1.82) is 0 Å². The van der Waals surface area contributed by atoms with Gasteiger partial charge in [-0.05, 0) is 109 Å². The van der Waals surface area contributed by atoms with E-state index in [0.29, 0.717) is 11.8 Å². The second-order valence-electron chi connectivity index (χ2n) is 17.6. The number of nitrogens with one attached hydrogen (secondary N) is 1. The van der Waals surface area contributed by atoms with E-state index in [2.05, 4.69) is 59.9 Å². The lowest BCUT2D eigenvalue weighted by atomic mass is 9.33. The summed E-state index contributed by atoms with van der Waals surface area (Å²) < 4.78 is 4.93. The average Bonchev–Trinajstić information content (AvgIpc) is 3.21. The number of ether oxygens (including phenoxy) is 1. The number of hydrogen-bond acceptors (Lipinski definition) is 7. The van der Waals surface area contributed by atoms with Crippen molar-refractivity contribution in [2.24, 2.45) is 50.2 Å². The van der Waals surface area contributed by atoms with Gasteiger partial charge >= 0.3 is 5.97 Å². The summed E-state index contributed by atoms with van der Waals surface area (Å²) in [7, 11) is 0. The zero-order chi connectivity index (χ0) is 32.3. The van der Waals surface area contributed by atoms with E-state index in [0.717, 1.165) is 64.2 Å². The molecule has 4 saturated carbocycles. The number of aliphatic hydroxyl groups excluding tert-OH is 4. The highest BCUT2D eigenvalue weighted by molar-refractivity contribution is 5.89. The number of aliphatic hydroxyl groups is 4. The van der Waals surface area contributed by atoms with Crippen molar-refractivity contribution in [3.63, 3.8) is 0 Å². The Hall–Kier alpha value is -2.06. The Labute approximate surface area is 262 Å². The van der Waals surface area contributed by atoms with Crippen molar-refractivity contribution in [2.75, 3.05) is 6.54 Å². The molecule has 1 amide bonds. The fraction of sp³-hybridized carbons (Fsp3) is 0.833. The smallest absolute Gasteiger partial charge is 0.377 e. The summed E-state index contributed by atoms with van der Waals surface area (Å²) in [5, 5.41) is 44.4. The first-order valence-electron chi connectivity index (χ1n) is 17.0. The Morgan fingerprint density at radius 3 is 2.32 bits per heavy atom. The third-order valence-electron chi connectivity index (χ3n) is 14.8. The van der Waals surface area contributed by atoms with Gasteiger partial charge in [0.2, 0.25) is 11.7 Å². The summed E-state index contributed by atoms with van der Waals surface area (Å²) in [5.41, 5.74) is 1.10. The molecular weight excluding hydrogens is 558 g/mol. The van der Waals surface area contributed by atoms with E-state index < -0.39 is 35.1 Å². The lowest BCUT2D eigenvalue weighted by molar-refractivity contribution is -0.203. The largest absolute Gasteiger partial charge is 0.505 e. The van der Waals surface area contributed by atoms with Crippen molar-refractivity contribution in [3.8, 4) is 0 Å². The molecule has 246 valence electrons. The molecule has 4 fully saturated rings. The Bertz CT molecular complexity index is 1300. The highest BCUT2D eigenvalue weighted by atomic mass is 16.6. The number of allylic oxidation sites excluding steroid dienone is 2. The summed E-state index contributed by atoms with van der Waals surface area (Å²) in [6, 6.07) is 0. The molecular formula is C36H55NO7. The van der Waals surface area contributed by atoms with Crippen molar-refractivity contribution < 1.29 is 34.8 Å². The number of carbonyl (C=O) groups is 2. The third kappa shape index (κ3) is 4.21. The SMILES string of the molecule is CC1(C)CC[C@]2(C(=O)NC[C@H](O)[C@H]3OC(=O)C(O)=C3O)CC[C@]3(C)C(=CC[C@@H]4[C@@]5(C)CC[C@H](O)C(C)(C)[C@@H]5CC[C@]43C)[C@@H]2C1. The van der Waals surface area contributed by atoms with Crippen LogP contribution in [0.25, 0.3) is 0 Å². The molecule has 5 aliphatic carbocycles. The molecule has 0 saturated heterocycles. The Morgan fingerprint density at radius 1 is 0.977 bits per heavy atom. The Kier molecular flexibility index (Phi) is 7.23. The van der Waals surface area contributed by atoms with Gasteiger partial charge in [0.1, 0.15) is 6.10 Å². The van der Waals surface area contributed by atoms with Crippen molar-refractivity contribution in [3.05, 3.63) is 23.2 Å². The molecule has 0 spiro atoms. The minimum atomic E-state index is -1.39. The highest BCUT2D eigenvalue weighted by Crippen LogP contribution is 2.75. The van der Waals surface area contributed by atoms with Gasteiger partial charge in [-0.1, -0.05) is 60.1 Å². The molecule has 0 radical (unpaired) electrons. The van der Waals surface area contributed by atoms with Crippen LogP contribution in [-0.4, -0.2) is 57.2 Å². The molecule has 0 aromatic rings. The minimum absolute atomic E-state index is 0.0301. The van der Waals surface area contributed by atoms with E-state index in [1.807, 2.05) is 0 Å². The van der Waals surface area contributed by atoms with E-state index in [9.17, 15) is 30.0 Å². The zero-order valence-corrected chi connectivity index (χ0v) is 27.8. The molecule has 1 heterocycles. The molecule has 8 heteroatoms. The normalized spacial score (nSPS) is 46.4. The number of cyclic esters (lactones) is 1. The van der Waals surface area contributed by atoms with Gasteiger partial charge in [-0.25, -0.2) is 4.79 Å². The first-order valence-corrected chi connectivity index (χ1v) is 17.0. The minimum Gasteiger partial charge on any atom is -0.505 e. The Balaban J connectivity index is 1.31. The number of fused-ring (bicyclic) bond motifs is 7. The van der Waals surface area contributed by atoms with Gasteiger partial charge in [0, 0.05) is 6.54 Å². The lowest BCUT2D eigenvalue weighted by Gasteiger charge is -2.71. The molecule has 6 aliphatic rings. The van der Waals surface area contributed by atoms with E-state index in [1.165, 1.54) is 5.57 Å². The molecule has 8 nitrogen and oxygen atoms in total. The number of rotatable bonds is 4. The average molecular weight is 614 g/mol. The first kappa shape index (κ1) is 31.9. The Morgan fingerprint density at radius 2 is 1.66 bits per heavy atom. The molecule has 0 unspecified atom stereocenters. The first-order chi connectivity index (χ1) is 20.3. The fourth-order valence-electron chi connectivity index (χ4n) is 11.8. The van der Waals surface area contributed by atoms with Gasteiger partial charge in [-0.3, -0.25) is 4.79 Å². The molecule has 0 aromatic heterocycles. The molecule has 0 bridgehead atoms. The van der Waals surface area contributed by atoms with Crippen LogP contribution in [0.4, 0.5) is 0 Å². The number of amides is 1. The highest BCUT2D eigenvalue weighted by Gasteiger charge is 2.69. The van der Waals surface area contributed by atoms with Gasteiger partial charge < -0.3 is 30.5 Å². The topological polar surface area (TPSA) is 136 Å². The van der Waals surface area contributed by atoms with Gasteiger partial charge in [0.05, 0.1) is 11.5 Å². The zero-order valence-electron chi connectivity index (χ0n) is 27.8. The summed E-state index contributed by atoms with van der Waals surface area (Å²) in [6.07, 6.45) is 9.06. The summed E-state index contributed by atoms with van der Waals surface area (Å²) in [5.74, 6) is -1.65. The van der Waals surface area contributed by atoms with Crippen LogP contribution in [0.2, 0.25) is 0 Å². The quantitative estimate of drug-likeness (QED) is 0.197. The molecule has 0 aromatic carbocycles. The molecule has 1 aliphatic heterocycles. The van der Waals surface area contributed by atoms with Crippen LogP contribution in [0.15, 0.2) is 23.2 Å². The van der Waals surface area contributed by atoms with Crippen LogP contribution < -0.4 is 5.32 Å². The van der Waals surface area contributed by atoms with Crippen molar-refractivity contribution in [2.45, 2.75) is 131 Å². The lowest BCUT2D eigenvalue weighted by Crippen LogP contribution is -2.65. The summed E-state index contributed by atoms with van der Waals surface area (Å²) in [6.45, 7) is 16.5. The summed E-state index contributed by atoms with van der Waals surface area (Å²) >= 11 is 0. The van der Waals surface area contributed by atoms with Crippen molar-refractivity contribution in [1.82, 2.24) is 5.32 Å². The molecule has 44 heavy (non-hydrogen) atoms. The van der Waals surface area contributed by atoms with E-state index in [4.69, 9.17) is 4.74 Å². The third-order valence-corrected chi connectivity index (χ3v) is 14.8. The predicted octanol–water partition coefficient (Wildman–Crippen LogP) is 5.88. The van der Waals surface area contributed by atoms with Crippen LogP contribution in [0.1, 0.15) is 113 Å². The fourth-order valence-corrected chi connectivity index (χ4v) is 11.8. The molecule has 5 N–H and O–H groups in total. The van der Waals surface area contributed by atoms with Crippen molar-refractivity contribution >= 4 is 11.9 Å². The molecule has 10 atom stereocenters. The van der Waals surface area contributed by atoms with Gasteiger partial charge in [0.15, 0.2) is 11.9 Å². The van der Waals surface area contributed by atoms with E-state index >= 15 is 0 Å². The number of hydrogen-bond donors (Lipinski definition) is 5. The monoisotopic (exact) mass is 613 g/mol. The number of carbonyl (C=O) groups excluding carboxylic acids is 2. The van der Waals surface area contributed by atoms with Crippen LogP contribution in [0.5, 0.6) is 0 Å². The maximum absolute atomic E-state index is 14.3. The standard InChI is InChI=1S/C36H55NO7/c1-31(2)14-16-36(30(43)37-19-22(38)28-26(40)27(41)29(42)44-28)17-15-34(6)20(21(36)18-31)8-9-24-33(5)12-11-25(39)32(3,4)23(33)10-13-35(24,34)7/h8,21-25,28,38-41H,9-19H2,1-7H3,(H,37,43)/t21-,22-,23-,24+,25-,28+,33-,34+,35+,36-/m0/s1. The maximum atomic E-state index is 14.3. The second-order valence-corrected chi connectivity index (χ2v) is 17.6. The predicted molar refractivity (Wildman–Crippen MR) is 166 cm³/mol. The van der Waals surface area contributed by atoms with Gasteiger partial charge in [0.25, 0.3) is 0 Å². The second kappa shape index (κ2) is 9.97. The van der Waals surface area contributed by atoms with Crippen LogP contribution in [0.3, 0.4) is 0 Å². The number of esters is 1. The van der Waals surface area contributed by atoms with E-state index in [1.54, 1.807) is 0 Å². The maximum Gasteiger partial charge on any atom is 0.377 e. The van der Waals surface area contributed by atoms with E-state index in [-0.39, 0.29) is 51.5 Å². The molecule has 6 rings (SSSR count). The van der Waals surface area contributed by atoms with Crippen LogP contribution in [0, 0.1) is 50.2 Å².